The molecule has 0 radical (unpaired) electrons. The molecule has 0 aliphatic rings. The standard InChI is InChI=1S/C18H24N2O3S/c1-12(2)23-15-7-4-6-14(10-15)13(3)20-18(22)19-11-16(21)17-8-5-9-24-17/h4-10,12-13,16,21H,11H2,1-3H3,(H2,19,20,22)/t13-,16+/m0/s1. The van der Waals surface area contributed by atoms with Crippen molar-refractivity contribution in [1.82, 2.24) is 10.6 Å². The van der Waals surface area contributed by atoms with E-state index in [1.165, 1.54) is 11.3 Å². The first kappa shape index (κ1) is 18.3. The van der Waals surface area contributed by atoms with E-state index in [2.05, 4.69) is 10.6 Å². The maximum Gasteiger partial charge on any atom is 0.315 e. The second-order valence-corrected chi connectivity index (χ2v) is 6.83. The molecule has 2 amide bonds. The van der Waals surface area contributed by atoms with Gasteiger partial charge in [0.05, 0.1) is 18.7 Å². The van der Waals surface area contributed by atoms with E-state index in [9.17, 15) is 9.90 Å². The van der Waals surface area contributed by atoms with Crippen LogP contribution in [0.5, 0.6) is 5.75 Å². The molecule has 0 aliphatic heterocycles. The summed E-state index contributed by atoms with van der Waals surface area (Å²) in [5, 5.41) is 17.4. The summed E-state index contributed by atoms with van der Waals surface area (Å²) < 4.78 is 5.67. The number of rotatable bonds is 7. The molecular formula is C18H24N2O3S. The minimum absolute atomic E-state index is 0.102. The van der Waals surface area contributed by atoms with Crippen LogP contribution in [0, 0.1) is 0 Å². The molecule has 24 heavy (non-hydrogen) atoms. The lowest BCUT2D eigenvalue weighted by atomic mass is 10.1. The van der Waals surface area contributed by atoms with Gasteiger partial charge in [-0.15, -0.1) is 11.3 Å². The Morgan fingerprint density at radius 3 is 2.71 bits per heavy atom. The van der Waals surface area contributed by atoms with Crippen LogP contribution in [-0.2, 0) is 0 Å². The molecule has 0 aliphatic carbocycles. The molecule has 6 heteroatoms. The van der Waals surface area contributed by atoms with Crippen LogP contribution in [0.15, 0.2) is 41.8 Å². The van der Waals surface area contributed by atoms with Gasteiger partial charge in [-0.3, -0.25) is 0 Å². The smallest absolute Gasteiger partial charge is 0.315 e. The third-order valence-electron chi connectivity index (χ3n) is 3.41. The molecular weight excluding hydrogens is 324 g/mol. The number of aliphatic hydroxyl groups excluding tert-OH is 1. The molecule has 1 aromatic carbocycles. The van der Waals surface area contributed by atoms with Gasteiger partial charge in [0.1, 0.15) is 11.9 Å². The van der Waals surface area contributed by atoms with Crippen LogP contribution in [0.4, 0.5) is 4.79 Å². The van der Waals surface area contributed by atoms with Crippen molar-refractivity contribution in [2.75, 3.05) is 6.54 Å². The fourth-order valence-corrected chi connectivity index (χ4v) is 2.94. The van der Waals surface area contributed by atoms with Gasteiger partial charge in [0, 0.05) is 4.88 Å². The summed E-state index contributed by atoms with van der Waals surface area (Å²) in [5.74, 6) is 0.782. The van der Waals surface area contributed by atoms with E-state index in [4.69, 9.17) is 4.74 Å². The van der Waals surface area contributed by atoms with Crippen LogP contribution in [0.25, 0.3) is 0 Å². The Morgan fingerprint density at radius 2 is 2.04 bits per heavy atom. The summed E-state index contributed by atoms with van der Waals surface area (Å²) in [5.41, 5.74) is 0.960. The summed E-state index contributed by atoms with van der Waals surface area (Å²) in [7, 11) is 0. The highest BCUT2D eigenvalue weighted by Crippen LogP contribution is 2.20. The number of ether oxygens (including phenoxy) is 1. The maximum absolute atomic E-state index is 12.0. The Morgan fingerprint density at radius 1 is 1.25 bits per heavy atom. The molecule has 2 atom stereocenters. The zero-order valence-corrected chi connectivity index (χ0v) is 15.0. The molecule has 3 N–H and O–H groups in total. The molecule has 1 aromatic heterocycles. The molecule has 0 fully saturated rings. The van der Waals surface area contributed by atoms with Crippen molar-refractivity contribution in [2.24, 2.45) is 0 Å². The van der Waals surface area contributed by atoms with Crippen molar-refractivity contribution in [3.63, 3.8) is 0 Å². The molecule has 1 heterocycles. The number of benzene rings is 1. The van der Waals surface area contributed by atoms with Gasteiger partial charge in [0.25, 0.3) is 0 Å². The quantitative estimate of drug-likeness (QED) is 0.715. The van der Waals surface area contributed by atoms with Gasteiger partial charge in [-0.2, -0.15) is 0 Å². The van der Waals surface area contributed by atoms with Gasteiger partial charge in [0.2, 0.25) is 0 Å². The number of carbonyl (C=O) groups is 1. The predicted molar refractivity (Wildman–Crippen MR) is 96.4 cm³/mol. The predicted octanol–water partition coefficient (Wildman–Crippen LogP) is 3.63. The monoisotopic (exact) mass is 348 g/mol. The van der Waals surface area contributed by atoms with Crippen LogP contribution in [0.2, 0.25) is 0 Å². The Labute approximate surface area is 146 Å². The first-order valence-corrected chi connectivity index (χ1v) is 8.86. The van der Waals surface area contributed by atoms with E-state index < -0.39 is 6.10 Å². The lowest BCUT2D eigenvalue weighted by molar-refractivity contribution is 0.176. The topological polar surface area (TPSA) is 70.6 Å². The van der Waals surface area contributed by atoms with Gasteiger partial charge in [-0.1, -0.05) is 18.2 Å². The number of thiophene rings is 1. The minimum Gasteiger partial charge on any atom is -0.491 e. The zero-order valence-electron chi connectivity index (χ0n) is 14.2. The summed E-state index contributed by atoms with van der Waals surface area (Å²) in [6.07, 6.45) is -0.584. The number of urea groups is 1. The molecule has 0 unspecified atom stereocenters. The summed E-state index contributed by atoms with van der Waals surface area (Å²) in [6, 6.07) is 10.9. The van der Waals surface area contributed by atoms with Crippen molar-refractivity contribution < 1.29 is 14.6 Å². The van der Waals surface area contributed by atoms with Crippen LogP contribution >= 0.6 is 11.3 Å². The highest BCUT2D eigenvalue weighted by Gasteiger charge is 2.13. The van der Waals surface area contributed by atoms with E-state index in [0.29, 0.717) is 0 Å². The summed E-state index contributed by atoms with van der Waals surface area (Å²) in [4.78, 5) is 12.8. The lowest BCUT2D eigenvalue weighted by Crippen LogP contribution is -2.39. The SMILES string of the molecule is CC(C)Oc1cccc([C@H](C)NC(=O)NC[C@@H](O)c2cccs2)c1. The first-order chi connectivity index (χ1) is 11.5. The third-order valence-corrected chi connectivity index (χ3v) is 4.38. The normalized spacial score (nSPS) is 13.4. The zero-order chi connectivity index (χ0) is 17.5. The number of hydrogen-bond acceptors (Lipinski definition) is 4. The van der Waals surface area contributed by atoms with Crippen molar-refractivity contribution >= 4 is 17.4 Å². The Balaban J connectivity index is 1.85. The van der Waals surface area contributed by atoms with Crippen molar-refractivity contribution in [3.8, 4) is 5.75 Å². The van der Waals surface area contributed by atoms with Gasteiger partial charge in [0.15, 0.2) is 0 Å². The number of amides is 2. The first-order valence-electron chi connectivity index (χ1n) is 7.98. The van der Waals surface area contributed by atoms with Crippen LogP contribution in [-0.4, -0.2) is 23.8 Å². The highest BCUT2D eigenvalue weighted by molar-refractivity contribution is 7.10. The largest absolute Gasteiger partial charge is 0.491 e. The van der Waals surface area contributed by atoms with Crippen molar-refractivity contribution in [1.29, 1.82) is 0 Å². The number of aliphatic hydroxyl groups is 1. The average Bonchev–Trinajstić information content (AvgIpc) is 3.06. The molecule has 5 nitrogen and oxygen atoms in total. The van der Waals surface area contributed by atoms with Gasteiger partial charge in [-0.05, 0) is 49.9 Å². The Hall–Kier alpha value is -2.05. The van der Waals surface area contributed by atoms with Crippen molar-refractivity contribution in [2.45, 2.75) is 39.0 Å². The molecule has 2 aromatic rings. The average molecular weight is 348 g/mol. The highest BCUT2D eigenvalue weighted by atomic mass is 32.1. The van der Waals surface area contributed by atoms with E-state index in [-0.39, 0.29) is 24.7 Å². The second kappa shape index (κ2) is 8.70. The molecule has 0 bridgehead atoms. The lowest BCUT2D eigenvalue weighted by Gasteiger charge is -2.18. The van der Waals surface area contributed by atoms with Gasteiger partial charge >= 0.3 is 6.03 Å². The van der Waals surface area contributed by atoms with Crippen LogP contribution in [0.3, 0.4) is 0 Å². The van der Waals surface area contributed by atoms with Gasteiger partial charge in [-0.25, -0.2) is 4.79 Å². The van der Waals surface area contributed by atoms with Gasteiger partial charge < -0.3 is 20.5 Å². The fourth-order valence-electron chi connectivity index (χ4n) is 2.23. The van der Waals surface area contributed by atoms with E-state index in [0.717, 1.165) is 16.2 Å². The third kappa shape index (κ3) is 5.54. The van der Waals surface area contributed by atoms with Crippen LogP contribution < -0.4 is 15.4 Å². The van der Waals surface area contributed by atoms with Crippen molar-refractivity contribution in [3.05, 3.63) is 52.2 Å². The number of hydrogen-bond donors (Lipinski definition) is 3. The summed E-state index contributed by atoms with van der Waals surface area (Å²) >= 11 is 1.46. The molecule has 130 valence electrons. The second-order valence-electron chi connectivity index (χ2n) is 5.85. The molecule has 0 saturated carbocycles. The minimum atomic E-state index is -0.686. The molecule has 0 spiro atoms. The fraction of sp³-hybridized carbons (Fsp3) is 0.389. The maximum atomic E-state index is 12.0. The Kier molecular flexibility index (Phi) is 6.63. The molecule has 0 saturated heterocycles. The number of carbonyl (C=O) groups excluding carboxylic acids is 1. The summed E-state index contributed by atoms with van der Waals surface area (Å²) in [6.45, 7) is 6.03. The van der Waals surface area contributed by atoms with E-state index >= 15 is 0 Å². The van der Waals surface area contributed by atoms with E-state index in [1.54, 1.807) is 0 Å². The number of nitrogens with one attached hydrogen (secondary N) is 2. The Bertz CT molecular complexity index is 643. The molecule has 2 rings (SSSR count). The van der Waals surface area contributed by atoms with Crippen LogP contribution in [0.1, 0.15) is 43.4 Å². The van der Waals surface area contributed by atoms with E-state index in [1.807, 2.05) is 62.5 Å².